The summed E-state index contributed by atoms with van der Waals surface area (Å²) in [6, 6.07) is 6.88. The van der Waals surface area contributed by atoms with E-state index in [-0.39, 0.29) is 11.9 Å². The van der Waals surface area contributed by atoms with Crippen LogP contribution in [0, 0.1) is 0 Å². The van der Waals surface area contributed by atoms with Crippen molar-refractivity contribution in [2.75, 3.05) is 18.0 Å². The van der Waals surface area contributed by atoms with Gasteiger partial charge in [0.05, 0.1) is 4.90 Å². The molecule has 6 heteroatoms. The third-order valence-electron chi connectivity index (χ3n) is 4.87. The van der Waals surface area contributed by atoms with E-state index in [1.165, 1.54) is 0 Å². The quantitative estimate of drug-likeness (QED) is 0.849. The molecule has 2 fully saturated rings. The zero-order valence-electron chi connectivity index (χ0n) is 13.6. The van der Waals surface area contributed by atoms with E-state index in [4.69, 9.17) is 0 Å². The minimum atomic E-state index is -3.45. The zero-order valence-corrected chi connectivity index (χ0v) is 14.4. The molecule has 2 heterocycles. The summed E-state index contributed by atoms with van der Waals surface area (Å²) in [5.41, 5.74) is 0.789. The van der Waals surface area contributed by atoms with Gasteiger partial charge in [-0.1, -0.05) is 13.3 Å². The first kappa shape index (κ1) is 16.5. The fraction of sp³-hybridized carbons (Fsp3) is 0.588. The van der Waals surface area contributed by atoms with Crippen LogP contribution in [0.1, 0.15) is 45.4 Å². The Bertz CT molecular complexity index is 670. The first-order valence-electron chi connectivity index (χ1n) is 8.46. The van der Waals surface area contributed by atoms with E-state index in [2.05, 4.69) is 0 Å². The zero-order chi connectivity index (χ0) is 16.4. The van der Waals surface area contributed by atoms with Gasteiger partial charge in [-0.15, -0.1) is 0 Å². The van der Waals surface area contributed by atoms with Crippen LogP contribution in [0.3, 0.4) is 0 Å². The highest BCUT2D eigenvalue weighted by molar-refractivity contribution is 7.89. The monoisotopic (exact) mass is 336 g/mol. The number of carbonyl (C=O) groups is 1. The molecule has 3 rings (SSSR count). The second kappa shape index (κ2) is 6.61. The Morgan fingerprint density at radius 2 is 1.83 bits per heavy atom. The summed E-state index contributed by atoms with van der Waals surface area (Å²) in [5, 5.41) is 0. The van der Waals surface area contributed by atoms with Gasteiger partial charge in [0.1, 0.15) is 0 Å². The molecule has 0 N–H and O–H groups in total. The molecule has 0 bridgehead atoms. The minimum absolute atomic E-state index is 0.105. The van der Waals surface area contributed by atoms with E-state index in [1.54, 1.807) is 33.5 Å². The summed E-state index contributed by atoms with van der Waals surface area (Å²) >= 11 is 0. The Morgan fingerprint density at radius 3 is 2.43 bits per heavy atom. The van der Waals surface area contributed by atoms with Crippen LogP contribution < -0.4 is 4.90 Å². The highest BCUT2D eigenvalue weighted by Crippen LogP contribution is 2.29. The fourth-order valence-electron chi connectivity index (χ4n) is 3.55. The lowest BCUT2D eigenvalue weighted by atomic mass is 10.0. The van der Waals surface area contributed by atoms with E-state index in [1.807, 2.05) is 6.92 Å². The van der Waals surface area contributed by atoms with Crippen LogP contribution in [0.15, 0.2) is 29.2 Å². The molecule has 1 aromatic rings. The van der Waals surface area contributed by atoms with Crippen molar-refractivity contribution in [3.8, 4) is 0 Å². The Labute approximate surface area is 138 Å². The van der Waals surface area contributed by atoms with Crippen LogP contribution in [0.25, 0.3) is 0 Å². The van der Waals surface area contributed by atoms with E-state index in [9.17, 15) is 13.2 Å². The highest BCUT2D eigenvalue weighted by atomic mass is 32.2. The molecule has 0 aliphatic carbocycles. The largest absolute Gasteiger partial charge is 0.312 e. The highest BCUT2D eigenvalue weighted by Gasteiger charge is 2.32. The standard InChI is InChI=1S/C17H24N2O3S/c1-2-14-6-3-4-13-19(14)23(21,22)16-10-8-15(9-11-16)18-12-5-7-17(18)20/h8-11,14H,2-7,12-13H2,1H3/t14-/m1/s1. The van der Waals surface area contributed by atoms with Crippen LogP contribution in [0.2, 0.25) is 0 Å². The topological polar surface area (TPSA) is 57.7 Å². The van der Waals surface area contributed by atoms with Crippen molar-refractivity contribution in [2.45, 2.75) is 56.4 Å². The number of amides is 1. The maximum Gasteiger partial charge on any atom is 0.243 e. The molecule has 1 aromatic carbocycles. The summed E-state index contributed by atoms with van der Waals surface area (Å²) in [7, 11) is -3.45. The molecule has 0 aromatic heterocycles. The van der Waals surface area contributed by atoms with Gasteiger partial charge in [-0.25, -0.2) is 8.42 Å². The fourth-order valence-corrected chi connectivity index (χ4v) is 5.32. The molecule has 2 aliphatic rings. The first-order chi connectivity index (χ1) is 11.0. The molecule has 0 unspecified atom stereocenters. The molecule has 126 valence electrons. The summed E-state index contributed by atoms with van der Waals surface area (Å²) in [5.74, 6) is 0.114. The number of benzene rings is 1. The molecule has 23 heavy (non-hydrogen) atoms. The minimum Gasteiger partial charge on any atom is -0.312 e. The first-order valence-corrected chi connectivity index (χ1v) is 9.90. The molecular formula is C17H24N2O3S. The maximum atomic E-state index is 12.9. The number of anilines is 1. The maximum absolute atomic E-state index is 12.9. The molecular weight excluding hydrogens is 312 g/mol. The van der Waals surface area contributed by atoms with E-state index in [0.717, 1.165) is 44.3 Å². The third kappa shape index (κ3) is 3.15. The average Bonchev–Trinajstić information content (AvgIpc) is 3.01. The van der Waals surface area contributed by atoms with Crippen molar-refractivity contribution >= 4 is 21.6 Å². The van der Waals surface area contributed by atoms with E-state index >= 15 is 0 Å². The van der Waals surface area contributed by atoms with Crippen molar-refractivity contribution in [3.05, 3.63) is 24.3 Å². The molecule has 0 radical (unpaired) electrons. The van der Waals surface area contributed by atoms with Gasteiger partial charge in [0, 0.05) is 31.2 Å². The van der Waals surface area contributed by atoms with E-state index < -0.39 is 10.0 Å². The number of hydrogen-bond acceptors (Lipinski definition) is 3. The third-order valence-corrected chi connectivity index (χ3v) is 6.84. The molecule has 2 aliphatic heterocycles. The number of piperidine rings is 1. The summed E-state index contributed by atoms with van der Waals surface area (Å²) < 4.78 is 27.5. The van der Waals surface area contributed by atoms with Crippen molar-refractivity contribution in [2.24, 2.45) is 0 Å². The number of carbonyl (C=O) groups excluding carboxylic acids is 1. The lowest BCUT2D eigenvalue weighted by Gasteiger charge is -2.34. The lowest BCUT2D eigenvalue weighted by molar-refractivity contribution is -0.117. The van der Waals surface area contributed by atoms with Crippen LogP contribution in [-0.2, 0) is 14.8 Å². The Kier molecular flexibility index (Phi) is 4.73. The van der Waals surface area contributed by atoms with Crippen molar-refractivity contribution in [3.63, 3.8) is 0 Å². The Morgan fingerprint density at radius 1 is 1.09 bits per heavy atom. The van der Waals surface area contributed by atoms with Crippen LogP contribution in [0.5, 0.6) is 0 Å². The molecule has 5 nitrogen and oxygen atoms in total. The molecule has 1 amide bonds. The predicted molar refractivity (Wildman–Crippen MR) is 89.9 cm³/mol. The van der Waals surface area contributed by atoms with Crippen LogP contribution in [0.4, 0.5) is 5.69 Å². The van der Waals surface area contributed by atoms with Gasteiger partial charge in [0.15, 0.2) is 0 Å². The van der Waals surface area contributed by atoms with Gasteiger partial charge < -0.3 is 4.90 Å². The molecule has 1 atom stereocenters. The summed E-state index contributed by atoms with van der Waals surface area (Å²) in [6.07, 6.45) is 5.25. The van der Waals surface area contributed by atoms with Crippen molar-refractivity contribution < 1.29 is 13.2 Å². The summed E-state index contributed by atoms with van der Waals surface area (Å²) in [6.45, 7) is 3.36. The van der Waals surface area contributed by atoms with E-state index in [0.29, 0.717) is 17.9 Å². The second-order valence-electron chi connectivity index (χ2n) is 6.32. The number of rotatable bonds is 4. The number of nitrogens with zero attached hydrogens (tertiary/aromatic N) is 2. The van der Waals surface area contributed by atoms with Crippen LogP contribution in [-0.4, -0.2) is 37.8 Å². The normalized spacial score (nSPS) is 23.4. The Hall–Kier alpha value is -1.40. The van der Waals surface area contributed by atoms with Crippen molar-refractivity contribution in [1.29, 1.82) is 0 Å². The van der Waals surface area contributed by atoms with Gasteiger partial charge >= 0.3 is 0 Å². The number of sulfonamides is 1. The van der Waals surface area contributed by atoms with Gasteiger partial charge in [-0.3, -0.25) is 4.79 Å². The number of hydrogen-bond donors (Lipinski definition) is 0. The summed E-state index contributed by atoms with van der Waals surface area (Å²) in [4.78, 5) is 13.8. The Balaban J connectivity index is 1.84. The average molecular weight is 336 g/mol. The van der Waals surface area contributed by atoms with Crippen LogP contribution >= 0.6 is 0 Å². The van der Waals surface area contributed by atoms with Gasteiger partial charge in [-0.05, 0) is 49.9 Å². The van der Waals surface area contributed by atoms with Gasteiger partial charge in [0.2, 0.25) is 15.9 Å². The lowest BCUT2D eigenvalue weighted by Crippen LogP contribution is -2.43. The van der Waals surface area contributed by atoms with Crippen molar-refractivity contribution in [1.82, 2.24) is 4.31 Å². The molecule has 2 saturated heterocycles. The van der Waals surface area contributed by atoms with Gasteiger partial charge in [0.25, 0.3) is 0 Å². The molecule has 0 spiro atoms. The second-order valence-corrected chi connectivity index (χ2v) is 8.21. The SMILES string of the molecule is CC[C@@H]1CCCCN1S(=O)(=O)c1ccc(N2CCCC2=O)cc1. The predicted octanol–water partition coefficient (Wildman–Crippen LogP) is 2.77. The smallest absolute Gasteiger partial charge is 0.243 e. The van der Waals surface area contributed by atoms with Gasteiger partial charge in [-0.2, -0.15) is 4.31 Å². The molecule has 0 saturated carbocycles.